The second kappa shape index (κ2) is 10.4. The van der Waals surface area contributed by atoms with Crippen LogP contribution in [0.25, 0.3) is 0 Å². The molecule has 1 atom stereocenters. The highest BCUT2D eigenvalue weighted by atomic mass is 32.2. The quantitative estimate of drug-likeness (QED) is 0.389. The summed E-state index contributed by atoms with van der Waals surface area (Å²) in [4.78, 5) is 13.4. The molecule has 2 rings (SSSR count). The summed E-state index contributed by atoms with van der Waals surface area (Å²) in [7, 11) is 1.61. The first kappa shape index (κ1) is 19.7. The van der Waals surface area contributed by atoms with Gasteiger partial charge in [0.1, 0.15) is 23.4 Å². The van der Waals surface area contributed by atoms with E-state index in [1.54, 1.807) is 21.0 Å². The molecule has 0 N–H and O–H groups in total. The summed E-state index contributed by atoms with van der Waals surface area (Å²) in [5, 5.41) is -0.446. The molecular formula is C21H22O4S. The van der Waals surface area contributed by atoms with E-state index in [9.17, 15) is 4.79 Å². The third-order valence-electron chi connectivity index (χ3n) is 3.48. The summed E-state index contributed by atoms with van der Waals surface area (Å²) < 4.78 is 15.9. The summed E-state index contributed by atoms with van der Waals surface area (Å²) in [6.45, 7) is 4.29. The van der Waals surface area contributed by atoms with E-state index in [2.05, 4.69) is 11.8 Å². The van der Waals surface area contributed by atoms with E-state index in [1.165, 1.54) is 11.8 Å². The van der Waals surface area contributed by atoms with E-state index in [1.807, 2.05) is 48.5 Å². The fourth-order valence-electron chi connectivity index (χ4n) is 2.19. The molecule has 26 heavy (non-hydrogen) atoms. The monoisotopic (exact) mass is 370 g/mol. The van der Waals surface area contributed by atoms with Crippen molar-refractivity contribution in [3.63, 3.8) is 0 Å². The zero-order chi connectivity index (χ0) is 18.8. The second-order valence-electron chi connectivity index (χ2n) is 5.21. The molecule has 136 valence electrons. The van der Waals surface area contributed by atoms with E-state index < -0.39 is 5.25 Å². The van der Waals surface area contributed by atoms with E-state index in [0.717, 1.165) is 22.0 Å². The van der Waals surface area contributed by atoms with Crippen LogP contribution in [0.3, 0.4) is 0 Å². The first-order chi connectivity index (χ1) is 12.7. The van der Waals surface area contributed by atoms with Crippen LogP contribution in [0.5, 0.6) is 11.5 Å². The first-order valence-corrected chi connectivity index (χ1v) is 9.15. The fraction of sp³-hybridized carbons (Fsp3) is 0.286. The molecule has 0 radical (unpaired) electrons. The van der Waals surface area contributed by atoms with Crippen LogP contribution in [0.4, 0.5) is 0 Å². The lowest BCUT2D eigenvalue weighted by Gasteiger charge is -2.16. The molecule has 0 aliphatic carbocycles. The molecule has 0 heterocycles. The van der Waals surface area contributed by atoms with E-state index in [-0.39, 0.29) is 5.97 Å². The summed E-state index contributed by atoms with van der Waals surface area (Å²) in [5.74, 6) is 6.87. The van der Waals surface area contributed by atoms with Gasteiger partial charge in [-0.25, -0.2) is 0 Å². The van der Waals surface area contributed by atoms with Gasteiger partial charge in [0, 0.05) is 4.90 Å². The van der Waals surface area contributed by atoms with Crippen molar-refractivity contribution < 1.29 is 19.0 Å². The lowest BCUT2D eigenvalue weighted by molar-refractivity contribution is -0.142. The maximum absolute atomic E-state index is 12.4. The Balaban J connectivity index is 2.14. The van der Waals surface area contributed by atoms with Crippen molar-refractivity contribution in [1.29, 1.82) is 0 Å². The van der Waals surface area contributed by atoms with Crippen LogP contribution < -0.4 is 9.47 Å². The highest BCUT2D eigenvalue weighted by Crippen LogP contribution is 2.37. The average Bonchev–Trinajstić information content (AvgIpc) is 2.68. The topological polar surface area (TPSA) is 44.8 Å². The molecule has 0 amide bonds. The minimum absolute atomic E-state index is 0.263. The summed E-state index contributed by atoms with van der Waals surface area (Å²) in [5.41, 5.74) is 0.868. The largest absolute Gasteiger partial charge is 0.497 e. The van der Waals surface area contributed by atoms with Crippen LogP contribution in [0.2, 0.25) is 0 Å². The van der Waals surface area contributed by atoms with Crippen LogP contribution >= 0.6 is 11.8 Å². The van der Waals surface area contributed by atoms with Gasteiger partial charge < -0.3 is 14.2 Å². The standard InChI is InChI=1S/C21H22O4S/c1-4-6-15-25-18-11-13-19(14-12-18)26-20(21(22)24-5-2)16-7-9-17(23-3)10-8-16/h7-14,20H,5,15H2,1-3H3. The third-order valence-corrected chi connectivity index (χ3v) is 4.73. The van der Waals surface area contributed by atoms with Gasteiger partial charge in [0.15, 0.2) is 0 Å². The Hall–Kier alpha value is -2.58. The van der Waals surface area contributed by atoms with Gasteiger partial charge in [0.25, 0.3) is 0 Å². The number of esters is 1. The van der Waals surface area contributed by atoms with Crippen molar-refractivity contribution >= 4 is 17.7 Å². The maximum Gasteiger partial charge on any atom is 0.323 e. The van der Waals surface area contributed by atoms with Crippen molar-refractivity contribution in [3.05, 3.63) is 54.1 Å². The zero-order valence-electron chi connectivity index (χ0n) is 15.2. The van der Waals surface area contributed by atoms with Gasteiger partial charge in [-0.05, 0) is 55.8 Å². The third kappa shape index (κ3) is 5.75. The molecule has 2 aromatic rings. The number of hydrogen-bond acceptors (Lipinski definition) is 5. The van der Waals surface area contributed by atoms with Crippen molar-refractivity contribution in [2.75, 3.05) is 20.3 Å². The molecule has 4 nitrogen and oxygen atoms in total. The molecule has 2 aromatic carbocycles. The Labute approximate surface area is 158 Å². The van der Waals surface area contributed by atoms with Crippen LogP contribution in [0.1, 0.15) is 24.7 Å². The summed E-state index contributed by atoms with van der Waals surface area (Å²) >= 11 is 1.44. The first-order valence-electron chi connectivity index (χ1n) is 8.27. The highest BCUT2D eigenvalue weighted by molar-refractivity contribution is 8.00. The van der Waals surface area contributed by atoms with Gasteiger partial charge in [-0.15, -0.1) is 17.7 Å². The second-order valence-corrected chi connectivity index (χ2v) is 6.39. The SMILES string of the molecule is CC#CCOc1ccc(SC(C(=O)OCC)c2ccc(OC)cc2)cc1. The number of ether oxygens (including phenoxy) is 3. The zero-order valence-corrected chi connectivity index (χ0v) is 16.0. The van der Waals surface area contributed by atoms with Crippen LogP contribution in [-0.2, 0) is 9.53 Å². The molecule has 0 aliphatic heterocycles. The molecule has 5 heteroatoms. The predicted molar refractivity (Wildman–Crippen MR) is 104 cm³/mol. The van der Waals surface area contributed by atoms with E-state index in [0.29, 0.717) is 13.2 Å². The number of methoxy groups -OCH3 is 1. The van der Waals surface area contributed by atoms with E-state index in [4.69, 9.17) is 14.2 Å². The average molecular weight is 370 g/mol. The Morgan fingerprint density at radius 1 is 1.08 bits per heavy atom. The molecule has 0 aliphatic rings. The van der Waals surface area contributed by atoms with E-state index >= 15 is 0 Å². The van der Waals surface area contributed by atoms with Gasteiger partial charge >= 0.3 is 5.97 Å². The van der Waals surface area contributed by atoms with Gasteiger partial charge in [-0.3, -0.25) is 4.79 Å². The van der Waals surface area contributed by atoms with Crippen molar-refractivity contribution in [2.45, 2.75) is 24.0 Å². The normalized spacial score (nSPS) is 11.0. The fourth-order valence-corrected chi connectivity index (χ4v) is 3.21. The molecule has 1 unspecified atom stereocenters. The van der Waals surface area contributed by atoms with Gasteiger partial charge in [0.05, 0.1) is 13.7 Å². The van der Waals surface area contributed by atoms with Gasteiger partial charge in [-0.1, -0.05) is 18.1 Å². The van der Waals surface area contributed by atoms with Crippen LogP contribution in [-0.4, -0.2) is 26.3 Å². The minimum atomic E-state index is -0.446. The Bertz CT molecular complexity index is 757. The molecule has 0 saturated heterocycles. The van der Waals surface area contributed by atoms with Crippen molar-refractivity contribution in [3.8, 4) is 23.3 Å². The maximum atomic E-state index is 12.4. The van der Waals surface area contributed by atoms with Crippen LogP contribution in [0.15, 0.2) is 53.4 Å². The highest BCUT2D eigenvalue weighted by Gasteiger charge is 2.23. The Morgan fingerprint density at radius 3 is 2.31 bits per heavy atom. The number of thioether (sulfide) groups is 1. The van der Waals surface area contributed by atoms with Crippen molar-refractivity contribution in [1.82, 2.24) is 0 Å². The molecular weight excluding hydrogens is 348 g/mol. The number of carbonyl (C=O) groups excluding carboxylic acids is 1. The predicted octanol–water partition coefficient (Wildman–Crippen LogP) is 4.49. The number of rotatable bonds is 8. The van der Waals surface area contributed by atoms with Crippen LogP contribution in [0, 0.1) is 11.8 Å². The summed E-state index contributed by atoms with van der Waals surface area (Å²) in [6.07, 6.45) is 0. The number of hydrogen-bond donors (Lipinski definition) is 0. The minimum Gasteiger partial charge on any atom is -0.497 e. The molecule has 0 saturated carbocycles. The number of carbonyl (C=O) groups is 1. The Morgan fingerprint density at radius 2 is 1.73 bits per heavy atom. The summed E-state index contributed by atoms with van der Waals surface area (Å²) in [6, 6.07) is 15.0. The Kier molecular flexibility index (Phi) is 7.91. The molecule has 0 bridgehead atoms. The van der Waals surface area contributed by atoms with Crippen molar-refractivity contribution in [2.24, 2.45) is 0 Å². The van der Waals surface area contributed by atoms with Gasteiger partial charge in [-0.2, -0.15) is 0 Å². The lowest BCUT2D eigenvalue weighted by atomic mass is 10.1. The molecule has 0 spiro atoms. The molecule has 0 aromatic heterocycles. The number of benzene rings is 2. The molecule has 0 fully saturated rings. The lowest BCUT2D eigenvalue weighted by Crippen LogP contribution is -2.13. The smallest absolute Gasteiger partial charge is 0.323 e. The van der Waals surface area contributed by atoms with Gasteiger partial charge in [0.2, 0.25) is 0 Å².